The summed E-state index contributed by atoms with van der Waals surface area (Å²) in [6.45, 7) is 0. The lowest BCUT2D eigenvalue weighted by Crippen LogP contribution is -2.42. The fourth-order valence-electron chi connectivity index (χ4n) is 1.01. The number of aromatic nitrogens is 1. The van der Waals surface area contributed by atoms with Crippen LogP contribution < -0.4 is 11.1 Å². The van der Waals surface area contributed by atoms with Gasteiger partial charge in [0.25, 0.3) is 5.91 Å². The Morgan fingerprint density at radius 3 is 3.33 bits per heavy atom. The molecule has 12 heavy (non-hydrogen) atoms. The standard InChI is InChI=1S/C7H7N3OS/c8-7-10-5(11)4-2-1-3-9-6(4)12-7/h1-3,7H,8H2,(H,10,11). The summed E-state index contributed by atoms with van der Waals surface area (Å²) in [4.78, 5) is 15.3. The Bertz CT molecular complexity index is 328. The minimum Gasteiger partial charge on any atom is -0.327 e. The van der Waals surface area contributed by atoms with Crippen molar-refractivity contribution >= 4 is 17.7 Å². The zero-order valence-corrected chi connectivity index (χ0v) is 6.97. The SMILES string of the molecule is NC1NC(=O)c2cccnc2S1. The van der Waals surface area contributed by atoms with Crippen LogP contribution in [0.25, 0.3) is 0 Å². The van der Waals surface area contributed by atoms with Gasteiger partial charge in [-0.05, 0) is 12.1 Å². The molecule has 0 saturated carbocycles. The van der Waals surface area contributed by atoms with Crippen LogP contribution in [0, 0.1) is 0 Å². The van der Waals surface area contributed by atoms with Crippen LogP contribution >= 0.6 is 11.8 Å². The molecule has 1 aliphatic heterocycles. The van der Waals surface area contributed by atoms with Gasteiger partial charge in [0.05, 0.1) is 5.56 Å². The number of fused-ring (bicyclic) bond motifs is 1. The molecule has 1 unspecified atom stereocenters. The van der Waals surface area contributed by atoms with E-state index in [1.165, 1.54) is 11.8 Å². The molecule has 0 saturated heterocycles. The fourth-order valence-corrected chi connectivity index (χ4v) is 1.83. The van der Waals surface area contributed by atoms with Crippen LogP contribution in [0.1, 0.15) is 10.4 Å². The van der Waals surface area contributed by atoms with Crippen molar-refractivity contribution in [2.24, 2.45) is 5.73 Å². The van der Waals surface area contributed by atoms with E-state index in [2.05, 4.69) is 10.3 Å². The quantitative estimate of drug-likeness (QED) is 0.598. The molecule has 1 amide bonds. The van der Waals surface area contributed by atoms with Gasteiger partial charge in [-0.25, -0.2) is 4.98 Å². The molecule has 0 radical (unpaired) electrons. The third-order valence-corrected chi connectivity index (χ3v) is 2.45. The molecule has 1 atom stereocenters. The van der Waals surface area contributed by atoms with E-state index >= 15 is 0 Å². The van der Waals surface area contributed by atoms with E-state index in [1.54, 1.807) is 18.3 Å². The molecule has 1 aromatic rings. The number of hydrogen-bond donors (Lipinski definition) is 2. The van der Waals surface area contributed by atoms with E-state index in [9.17, 15) is 4.79 Å². The van der Waals surface area contributed by atoms with E-state index in [-0.39, 0.29) is 11.4 Å². The third-order valence-electron chi connectivity index (χ3n) is 1.53. The number of nitrogens with one attached hydrogen (secondary N) is 1. The zero-order chi connectivity index (χ0) is 8.55. The number of thioether (sulfide) groups is 1. The monoisotopic (exact) mass is 181 g/mol. The van der Waals surface area contributed by atoms with Gasteiger partial charge in [0.15, 0.2) is 0 Å². The van der Waals surface area contributed by atoms with Crippen LogP contribution in [0.5, 0.6) is 0 Å². The molecule has 0 aromatic carbocycles. The van der Waals surface area contributed by atoms with Crippen LogP contribution in [0.15, 0.2) is 23.4 Å². The first kappa shape index (κ1) is 7.57. The van der Waals surface area contributed by atoms with Gasteiger partial charge >= 0.3 is 0 Å². The number of amides is 1. The second-order valence-electron chi connectivity index (χ2n) is 2.37. The maximum Gasteiger partial charge on any atom is 0.255 e. The normalized spacial score (nSPS) is 21.4. The Morgan fingerprint density at radius 1 is 1.67 bits per heavy atom. The van der Waals surface area contributed by atoms with Crippen molar-refractivity contribution in [3.8, 4) is 0 Å². The topological polar surface area (TPSA) is 68.0 Å². The second-order valence-corrected chi connectivity index (χ2v) is 3.50. The molecular weight excluding hydrogens is 174 g/mol. The van der Waals surface area contributed by atoms with E-state index in [1.807, 2.05) is 0 Å². The Balaban J connectivity index is 2.47. The molecule has 62 valence electrons. The summed E-state index contributed by atoms with van der Waals surface area (Å²) < 4.78 is 0. The predicted molar refractivity (Wildman–Crippen MR) is 45.5 cm³/mol. The van der Waals surface area contributed by atoms with Crippen LogP contribution in [-0.4, -0.2) is 16.4 Å². The molecule has 2 heterocycles. The number of nitrogens with two attached hydrogens (primary N) is 1. The Kier molecular flexibility index (Phi) is 1.74. The molecule has 0 spiro atoms. The smallest absolute Gasteiger partial charge is 0.255 e. The summed E-state index contributed by atoms with van der Waals surface area (Å²) in [6.07, 6.45) is 1.65. The number of carbonyl (C=O) groups is 1. The fraction of sp³-hybridized carbons (Fsp3) is 0.143. The third kappa shape index (κ3) is 1.17. The molecule has 0 bridgehead atoms. The van der Waals surface area contributed by atoms with Crippen LogP contribution in [-0.2, 0) is 0 Å². The van der Waals surface area contributed by atoms with Gasteiger partial charge in [-0.2, -0.15) is 0 Å². The summed E-state index contributed by atoms with van der Waals surface area (Å²) >= 11 is 1.35. The van der Waals surface area contributed by atoms with Gasteiger partial charge in [-0.15, -0.1) is 0 Å². The summed E-state index contributed by atoms with van der Waals surface area (Å²) in [5.74, 6) is -0.149. The van der Waals surface area contributed by atoms with Gasteiger partial charge in [0, 0.05) is 6.20 Å². The van der Waals surface area contributed by atoms with Crippen molar-refractivity contribution in [3.63, 3.8) is 0 Å². The highest BCUT2D eigenvalue weighted by Crippen LogP contribution is 2.25. The molecule has 0 aliphatic carbocycles. The van der Waals surface area contributed by atoms with E-state index in [0.717, 1.165) is 0 Å². The van der Waals surface area contributed by atoms with E-state index < -0.39 is 0 Å². The average Bonchev–Trinajstić information content (AvgIpc) is 2.04. The molecule has 4 nitrogen and oxygen atoms in total. The number of pyridine rings is 1. The molecule has 0 fully saturated rings. The average molecular weight is 181 g/mol. The lowest BCUT2D eigenvalue weighted by Gasteiger charge is -2.19. The van der Waals surface area contributed by atoms with Crippen molar-refractivity contribution in [1.29, 1.82) is 0 Å². The first-order valence-electron chi connectivity index (χ1n) is 3.45. The highest BCUT2D eigenvalue weighted by atomic mass is 32.2. The number of hydrogen-bond acceptors (Lipinski definition) is 4. The summed E-state index contributed by atoms with van der Waals surface area (Å²) in [7, 11) is 0. The Morgan fingerprint density at radius 2 is 2.50 bits per heavy atom. The van der Waals surface area contributed by atoms with Crippen molar-refractivity contribution in [2.45, 2.75) is 10.5 Å². The lowest BCUT2D eigenvalue weighted by molar-refractivity contribution is 0.0943. The van der Waals surface area contributed by atoms with Gasteiger partial charge < -0.3 is 11.1 Å². The van der Waals surface area contributed by atoms with Gasteiger partial charge in [0.2, 0.25) is 0 Å². The van der Waals surface area contributed by atoms with Gasteiger partial charge in [-0.1, -0.05) is 11.8 Å². The van der Waals surface area contributed by atoms with Crippen molar-refractivity contribution < 1.29 is 4.79 Å². The van der Waals surface area contributed by atoms with Crippen LogP contribution in [0.3, 0.4) is 0 Å². The molecule has 3 N–H and O–H groups in total. The van der Waals surface area contributed by atoms with Crippen molar-refractivity contribution in [2.75, 3.05) is 0 Å². The minimum absolute atomic E-state index is 0.149. The number of rotatable bonds is 0. The summed E-state index contributed by atoms with van der Waals surface area (Å²) in [6, 6.07) is 3.46. The van der Waals surface area contributed by atoms with Gasteiger partial charge in [0.1, 0.15) is 10.5 Å². The van der Waals surface area contributed by atoms with E-state index in [4.69, 9.17) is 5.73 Å². The molecule has 1 aromatic heterocycles. The van der Waals surface area contributed by atoms with Gasteiger partial charge in [-0.3, -0.25) is 4.79 Å². The maximum atomic E-state index is 11.3. The highest BCUT2D eigenvalue weighted by Gasteiger charge is 2.22. The second kappa shape index (κ2) is 2.76. The lowest BCUT2D eigenvalue weighted by atomic mass is 10.3. The van der Waals surface area contributed by atoms with Crippen LogP contribution in [0.2, 0.25) is 0 Å². The van der Waals surface area contributed by atoms with Crippen LogP contribution in [0.4, 0.5) is 0 Å². The number of carbonyl (C=O) groups excluding carboxylic acids is 1. The Labute approximate surface area is 73.5 Å². The van der Waals surface area contributed by atoms with Crippen molar-refractivity contribution in [1.82, 2.24) is 10.3 Å². The summed E-state index contributed by atoms with van der Waals surface area (Å²) in [5, 5.41) is 3.30. The number of nitrogens with zero attached hydrogens (tertiary/aromatic N) is 1. The largest absolute Gasteiger partial charge is 0.327 e. The first-order valence-corrected chi connectivity index (χ1v) is 4.33. The Hall–Kier alpha value is -1.07. The molecule has 2 rings (SSSR count). The predicted octanol–water partition coefficient (Wildman–Crippen LogP) is 0.159. The van der Waals surface area contributed by atoms with Crippen molar-refractivity contribution in [3.05, 3.63) is 23.9 Å². The molecular formula is C7H7N3OS. The molecule has 5 heteroatoms. The highest BCUT2D eigenvalue weighted by molar-refractivity contribution is 8.00. The molecule has 1 aliphatic rings. The first-order chi connectivity index (χ1) is 5.77. The summed E-state index contributed by atoms with van der Waals surface area (Å²) in [5.41, 5.74) is 5.76. The van der Waals surface area contributed by atoms with E-state index in [0.29, 0.717) is 10.6 Å². The maximum absolute atomic E-state index is 11.3. The minimum atomic E-state index is -0.375. The zero-order valence-electron chi connectivity index (χ0n) is 6.15.